The average molecular weight is 246 g/mol. The molecule has 0 unspecified atom stereocenters. The summed E-state index contributed by atoms with van der Waals surface area (Å²) < 4.78 is 15.7. The molecular weight excluding hydrogens is 231 g/mol. The van der Waals surface area contributed by atoms with Crippen molar-refractivity contribution in [2.45, 2.75) is 19.4 Å². The van der Waals surface area contributed by atoms with E-state index >= 15 is 0 Å². The number of aromatic nitrogens is 3. The van der Waals surface area contributed by atoms with E-state index in [9.17, 15) is 4.39 Å². The van der Waals surface area contributed by atoms with Crippen LogP contribution in [0.3, 0.4) is 0 Å². The van der Waals surface area contributed by atoms with Gasteiger partial charge in [-0.05, 0) is 13.0 Å². The van der Waals surface area contributed by atoms with Crippen molar-refractivity contribution in [2.24, 2.45) is 0 Å². The number of benzene rings is 1. The van der Waals surface area contributed by atoms with Gasteiger partial charge in [0.25, 0.3) is 0 Å². The van der Waals surface area contributed by atoms with Crippen LogP contribution in [0, 0.1) is 12.7 Å². The number of halogens is 1. The maximum atomic E-state index is 13.7. The van der Waals surface area contributed by atoms with Gasteiger partial charge in [-0.25, -0.2) is 4.39 Å². The Labute approximate surface area is 105 Å². The van der Waals surface area contributed by atoms with Crippen molar-refractivity contribution in [3.05, 3.63) is 47.3 Å². The van der Waals surface area contributed by atoms with E-state index in [0.717, 1.165) is 24.7 Å². The molecule has 0 bridgehead atoms. The van der Waals surface area contributed by atoms with Crippen LogP contribution in [0.2, 0.25) is 0 Å². The van der Waals surface area contributed by atoms with E-state index in [1.807, 2.05) is 17.6 Å². The highest BCUT2D eigenvalue weighted by Crippen LogP contribution is 2.20. The summed E-state index contributed by atoms with van der Waals surface area (Å²) in [4.78, 5) is 0. The molecule has 1 saturated heterocycles. The van der Waals surface area contributed by atoms with Crippen LogP contribution in [-0.2, 0) is 6.54 Å². The number of hydrogen-bond donors (Lipinski definition) is 1. The fraction of sp³-hybridized carbons (Fsp3) is 0.385. The maximum absolute atomic E-state index is 13.7. The molecule has 1 aliphatic rings. The summed E-state index contributed by atoms with van der Waals surface area (Å²) in [6.07, 6.45) is 0. The molecule has 1 aromatic carbocycles. The van der Waals surface area contributed by atoms with Gasteiger partial charge in [-0.1, -0.05) is 18.2 Å². The molecule has 94 valence electrons. The molecule has 4 nitrogen and oxygen atoms in total. The van der Waals surface area contributed by atoms with Crippen molar-refractivity contribution >= 4 is 0 Å². The van der Waals surface area contributed by atoms with Gasteiger partial charge in [0.2, 0.25) is 0 Å². The minimum Gasteiger partial charge on any atom is -0.315 e. The molecule has 0 amide bonds. The van der Waals surface area contributed by atoms with E-state index in [-0.39, 0.29) is 5.82 Å². The van der Waals surface area contributed by atoms with Crippen LogP contribution in [0.15, 0.2) is 24.3 Å². The first-order chi connectivity index (χ1) is 8.75. The minimum absolute atomic E-state index is 0.178. The van der Waals surface area contributed by atoms with Crippen molar-refractivity contribution < 1.29 is 4.39 Å². The van der Waals surface area contributed by atoms with E-state index < -0.39 is 0 Å². The van der Waals surface area contributed by atoms with Crippen molar-refractivity contribution in [1.29, 1.82) is 0 Å². The van der Waals surface area contributed by atoms with Gasteiger partial charge >= 0.3 is 0 Å². The Kier molecular flexibility index (Phi) is 2.83. The standard InChI is InChI=1S/C13H15FN4/c1-9-16-17-13(11-6-15-7-11)18(9)8-10-4-2-3-5-12(10)14/h2-5,11,15H,6-8H2,1H3. The van der Waals surface area contributed by atoms with Gasteiger partial charge < -0.3 is 9.88 Å². The average Bonchev–Trinajstić information content (AvgIpc) is 2.63. The Morgan fingerprint density at radius 3 is 2.78 bits per heavy atom. The van der Waals surface area contributed by atoms with Crippen LogP contribution in [0.25, 0.3) is 0 Å². The van der Waals surface area contributed by atoms with Gasteiger partial charge in [-0.2, -0.15) is 0 Å². The van der Waals surface area contributed by atoms with Crippen molar-refractivity contribution in [3.8, 4) is 0 Å². The molecule has 0 spiro atoms. The second kappa shape index (κ2) is 4.49. The Morgan fingerprint density at radius 2 is 2.11 bits per heavy atom. The first-order valence-electron chi connectivity index (χ1n) is 6.09. The highest BCUT2D eigenvalue weighted by atomic mass is 19.1. The zero-order valence-electron chi connectivity index (χ0n) is 10.2. The van der Waals surface area contributed by atoms with Crippen LogP contribution in [0.1, 0.15) is 23.1 Å². The van der Waals surface area contributed by atoms with Gasteiger partial charge in [0.05, 0.1) is 6.54 Å². The van der Waals surface area contributed by atoms with Crippen LogP contribution in [-0.4, -0.2) is 27.9 Å². The highest BCUT2D eigenvalue weighted by Gasteiger charge is 2.25. The molecule has 1 aromatic heterocycles. The highest BCUT2D eigenvalue weighted by molar-refractivity contribution is 5.19. The summed E-state index contributed by atoms with van der Waals surface area (Å²) in [7, 11) is 0. The second-order valence-electron chi connectivity index (χ2n) is 4.64. The van der Waals surface area contributed by atoms with Crippen LogP contribution < -0.4 is 5.32 Å². The Bertz CT molecular complexity index is 560. The number of nitrogens with one attached hydrogen (secondary N) is 1. The molecule has 1 N–H and O–H groups in total. The van der Waals surface area contributed by atoms with Crippen LogP contribution in [0.4, 0.5) is 4.39 Å². The summed E-state index contributed by atoms with van der Waals surface area (Å²) in [6, 6.07) is 6.84. The molecule has 2 aromatic rings. The number of rotatable bonds is 3. The van der Waals surface area contributed by atoms with Gasteiger partial charge in [0.1, 0.15) is 17.5 Å². The summed E-state index contributed by atoms with van der Waals surface area (Å²) in [6.45, 7) is 4.26. The van der Waals surface area contributed by atoms with E-state index in [2.05, 4.69) is 15.5 Å². The molecule has 0 atom stereocenters. The number of aryl methyl sites for hydroxylation is 1. The largest absolute Gasteiger partial charge is 0.315 e. The fourth-order valence-corrected chi connectivity index (χ4v) is 2.16. The number of hydrogen-bond acceptors (Lipinski definition) is 3. The quantitative estimate of drug-likeness (QED) is 0.891. The van der Waals surface area contributed by atoms with Gasteiger partial charge in [0, 0.05) is 24.6 Å². The summed E-state index contributed by atoms with van der Waals surface area (Å²) >= 11 is 0. The summed E-state index contributed by atoms with van der Waals surface area (Å²) in [5.41, 5.74) is 0.675. The molecule has 5 heteroatoms. The molecule has 1 aliphatic heterocycles. The Morgan fingerprint density at radius 1 is 1.33 bits per heavy atom. The third-order valence-electron chi connectivity index (χ3n) is 3.40. The van der Waals surface area contributed by atoms with Gasteiger partial charge in [-0.15, -0.1) is 10.2 Å². The zero-order chi connectivity index (χ0) is 12.5. The maximum Gasteiger partial charge on any atom is 0.139 e. The van der Waals surface area contributed by atoms with Crippen LogP contribution in [0.5, 0.6) is 0 Å². The normalized spacial score (nSPS) is 15.7. The molecule has 18 heavy (non-hydrogen) atoms. The third-order valence-corrected chi connectivity index (χ3v) is 3.40. The van der Waals surface area contributed by atoms with Crippen LogP contribution >= 0.6 is 0 Å². The van der Waals surface area contributed by atoms with E-state index in [4.69, 9.17) is 0 Å². The lowest BCUT2D eigenvalue weighted by atomic mass is 10.0. The molecular formula is C13H15FN4. The van der Waals surface area contributed by atoms with Crippen molar-refractivity contribution in [2.75, 3.05) is 13.1 Å². The molecule has 0 saturated carbocycles. The Balaban J connectivity index is 1.92. The zero-order valence-corrected chi connectivity index (χ0v) is 10.2. The first-order valence-corrected chi connectivity index (χ1v) is 6.09. The summed E-state index contributed by atoms with van der Waals surface area (Å²) in [5.74, 6) is 2.01. The van der Waals surface area contributed by atoms with E-state index in [0.29, 0.717) is 18.0 Å². The fourth-order valence-electron chi connectivity index (χ4n) is 2.16. The van der Waals surface area contributed by atoms with Gasteiger partial charge in [-0.3, -0.25) is 0 Å². The SMILES string of the molecule is Cc1nnc(C2CNC2)n1Cc1ccccc1F. The Hall–Kier alpha value is -1.75. The lowest BCUT2D eigenvalue weighted by molar-refractivity contribution is 0.415. The molecule has 1 fully saturated rings. The molecule has 2 heterocycles. The third kappa shape index (κ3) is 1.90. The lowest BCUT2D eigenvalue weighted by Gasteiger charge is -2.26. The summed E-state index contributed by atoms with van der Waals surface area (Å²) in [5, 5.41) is 11.5. The first kappa shape index (κ1) is 11.3. The monoisotopic (exact) mass is 246 g/mol. The molecule has 0 radical (unpaired) electrons. The predicted octanol–water partition coefficient (Wildman–Crippen LogP) is 1.46. The molecule has 0 aliphatic carbocycles. The number of nitrogens with zero attached hydrogens (tertiary/aromatic N) is 3. The second-order valence-corrected chi connectivity index (χ2v) is 4.64. The van der Waals surface area contributed by atoms with Crippen molar-refractivity contribution in [1.82, 2.24) is 20.1 Å². The topological polar surface area (TPSA) is 42.7 Å². The van der Waals surface area contributed by atoms with Gasteiger partial charge in [0.15, 0.2) is 0 Å². The van der Waals surface area contributed by atoms with Crippen molar-refractivity contribution in [3.63, 3.8) is 0 Å². The smallest absolute Gasteiger partial charge is 0.139 e. The molecule has 3 rings (SSSR count). The predicted molar refractivity (Wildman–Crippen MR) is 65.9 cm³/mol. The minimum atomic E-state index is -0.178. The van der Waals surface area contributed by atoms with E-state index in [1.165, 1.54) is 6.07 Å². The van der Waals surface area contributed by atoms with E-state index in [1.54, 1.807) is 12.1 Å². The lowest BCUT2D eigenvalue weighted by Crippen LogP contribution is -2.41.